The Balaban J connectivity index is 1.99. The zero-order valence-corrected chi connectivity index (χ0v) is 18.8. The fraction of sp³-hybridized carbons (Fsp3) is 0.348. The van der Waals surface area contributed by atoms with Crippen molar-refractivity contribution in [1.29, 1.82) is 0 Å². The molecule has 170 valence electrons. The number of carbonyl (C=O) groups is 1. The molecular weight excluding hydrogens is 433 g/mol. The van der Waals surface area contributed by atoms with Gasteiger partial charge in [-0.15, -0.1) is 0 Å². The van der Waals surface area contributed by atoms with Crippen molar-refractivity contribution < 1.29 is 22.4 Å². The Morgan fingerprint density at radius 3 is 2.69 bits per heavy atom. The summed E-state index contributed by atoms with van der Waals surface area (Å²) >= 11 is -2.21. The minimum absolute atomic E-state index is 0.127. The van der Waals surface area contributed by atoms with E-state index >= 15 is 0 Å². The van der Waals surface area contributed by atoms with E-state index < -0.39 is 11.3 Å². The van der Waals surface area contributed by atoms with Crippen LogP contribution in [0.2, 0.25) is 0 Å². The third-order valence-corrected chi connectivity index (χ3v) is 6.71. The number of hydrogen-bond acceptors (Lipinski definition) is 4. The highest BCUT2D eigenvalue weighted by Crippen LogP contribution is 2.41. The van der Waals surface area contributed by atoms with Gasteiger partial charge in [0.05, 0.1) is 11.3 Å². The number of piperidine rings is 1. The lowest BCUT2D eigenvalue weighted by Gasteiger charge is -2.28. The summed E-state index contributed by atoms with van der Waals surface area (Å²) in [5.74, 6) is -0.244. The molecule has 1 fully saturated rings. The fourth-order valence-electron chi connectivity index (χ4n) is 4.33. The molecule has 1 aromatic heterocycles. The van der Waals surface area contributed by atoms with Gasteiger partial charge in [0.25, 0.3) is 17.2 Å². The minimum Gasteiger partial charge on any atom is -0.455 e. The van der Waals surface area contributed by atoms with Gasteiger partial charge in [-0.3, -0.25) is 13.7 Å². The number of benzene rings is 2. The smallest absolute Gasteiger partial charge is 0.261 e. The topological polar surface area (TPSA) is 94.8 Å². The van der Waals surface area contributed by atoms with Crippen LogP contribution in [0.25, 0.3) is 22.3 Å². The van der Waals surface area contributed by atoms with Crippen LogP contribution in [0.3, 0.4) is 0 Å². The number of nitrogens with one attached hydrogen (secondary N) is 2. The van der Waals surface area contributed by atoms with E-state index in [1.807, 2.05) is 13.0 Å². The van der Waals surface area contributed by atoms with Crippen LogP contribution >= 0.6 is 0 Å². The van der Waals surface area contributed by atoms with Gasteiger partial charge in [-0.25, -0.2) is 8.60 Å². The number of carbonyl (C=O) groups excluding carboxylic acids is 1. The van der Waals surface area contributed by atoms with E-state index in [9.17, 15) is 17.9 Å². The molecular formula is C23H26FN3O4S. The Bertz CT molecular complexity index is 1160. The number of amides is 1. The first kappa shape index (κ1) is 22.4. The van der Waals surface area contributed by atoms with E-state index in [2.05, 4.69) is 10.6 Å². The fourth-order valence-corrected chi connectivity index (χ4v) is 4.88. The van der Waals surface area contributed by atoms with E-state index in [0.29, 0.717) is 40.1 Å². The normalized spacial score (nSPS) is 17.3. The highest BCUT2D eigenvalue weighted by molar-refractivity contribution is 7.80. The molecule has 2 heterocycles. The average molecular weight is 460 g/mol. The highest BCUT2D eigenvalue weighted by Gasteiger charge is 2.28. The molecule has 1 saturated heterocycles. The maximum absolute atomic E-state index is 13.5. The molecule has 1 aliphatic rings. The zero-order valence-electron chi connectivity index (χ0n) is 18.0. The van der Waals surface area contributed by atoms with Crippen LogP contribution < -0.4 is 14.9 Å². The van der Waals surface area contributed by atoms with Gasteiger partial charge in [0.2, 0.25) is 0 Å². The molecule has 1 aliphatic heterocycles. The molecule has 0 radical (unpaired) electrons. The number of anilines is 1. The van der Waals surface area contributed by atoms with Gasteiger partial charge in [-0.05, 0) is 68.1 Å². The molecule has 4 rings (SSSR count). The lowest BCUT2D eigenvalue weighted by molar-refractivity contribution is 0.0964. The van der Waals surface area contributed by atoms with E-state index in [0.717, 1.165) is 31.5 Å². The number of furan rings is 1. The second kappa shape index (κ2) is 9.40. The molecule has 1 amide bonds. The largest absolute Gasteiger partial charge is 0.455 e. The monoisotopic (exact) mass is 459 g/mol. The average Bonchev–Trinajstić information content (AvgIpc) is 3.17. The van der Waals surface area contributed by atoms with Gasteiger partial charge >= 0.3 is 0 Å². The third-order valence-electron chi connectivity index (χ3n) is 5.88. The second-order valence-corrected chi connectivity index (χ2v) is 8.67. The molecule has 2 atom stereocenters. The van der Waals surface area contributed by atoms with Crippen LogP contribution in [0.1, 0.15) is 41.6 Å². The van der Waals surface area contributed by atoms with Crippen LogP contribution in [-0.2, 0) is 11.3 Å². The van der Waals surface area contributed by atoms with E-state index in [4.69, 9.17) is 4.42 Å². The standard InChI is InChI=1S/C23H26FN3O4S/c1-3-27(32(29)30)19-12-20-18(11-17(19)15-5-4-10-26-13-15)21(23(28)25-2)22(31-20)14-6-8-16(24)9-7-14/h6-9,11-12,15,26H,3-5,10,13H2,1-2H3,(H,25,28)(H,29,30). The highest BCUT2D eigenvalue weighted by atomic mass is 32.2. The lowest BCUT2D eigenvalue weighted by Crippen LogP contribution is -2.31. The van der Waals surface area contributed by atoms with Crippen molar-refractivity contribution in [3.8, 4) is 11.3 Å². The van der Waals surface area contributed by atoms with E-state index in [-0.39, 0.29) is 17.6 Å². The number of nitrogens with zero attached hydrogens (tertiary/aromatic N) is 1. The summed E-state index contributed by atoms with van der Waals surface area (Å²) in [7, 11) is 1.55. The Morgan fingerprint density at radius 1 is 1.34 bits per heavy atom. The Labute approximate surface area is 188 Å². The first-order valence-corrected chi connectivity index (χ1v) is 11.7. The van der Waals surface area contributed by atoms with Crippen LogP contribution in [0.5, 0.6) is 0 Å². The van der Waals surface area contributed by atoms with Crippen molar-refractivity contribution in [3.63, 3.8) is 0 Å². The van der Waals surface area contributed by atoms with Crippen molar-refractivity contribution in [3.05, 3.63) is 53.3 Å². The number of rotatable bonds is 6. The predicted octanol–water partition coefficient (Wildman–Crippen LogP) is 4.03. The SMILES string of the molecule is CCN(c1cc2oc(-c3ccc(F)cc3)c(C(=O)NC)c2cc1C1CCCNC1)S(=O)O. The Morgan fingerprint density at radius 2 is 2.09 bits per heavy atom. The summed E-state index contributed by atoms with van der Waals surface area (Å²) in [5, 5.41) is 6.67. The van der Waals surface area contributed by atoms with Crippen LogP contribution in [-0.4, -0.2) is 41.4 Å². The zero-order chi connectivity index (χ0) is 22.8. The maximum Gasteiger partial charge on any atom is 0.261 e. The van der Waals surface area contributed by atoms with E-state index in [1.54, 1.807) is 25.2 Å². The molecule has 0 bridgehead atoms. The van der Waals surface area contributed by atoms with Crippen molar-refractivity contribution in [2.24, 2.45) is 0 Å². The van der Waals surface area contributed by atoms with Crippen LogP contribution in [0.15, 0.2) is 40.8 Å². The van der Waals surface area contributed by atoms with Gasteiger partial charge in [0.1, 0.15) is 17.2 Å². The molecule has 9 heteroatoms. The molecule has 7 nitrogen and oxygen atoms in total. The Kier molecular flexibility index (Phi) is 6.59. The maximum atomic E-state index is 13.5. The summed E-state index contributed by atoms with van der Waals surface area (Å²) in [5.41, 5.74) is 2.86. The van der Waals surface area contributed by atoms with Gasteiger partial charge < -0.3 is 15.1 Å². The van der Waals surface area contributed by atoms with Gasteiger partial charge in [0, 0.05) is 37.2 Å². The van der Waals surface area contributed by atoms with Gasteiger partial charge in [0.15, 0.2) is 0 Å². The first-order chi connectivity index (χ1) is 15.4. The van der Waals surface area contributed by atoms with Crippen LogP contribution in [0, 0.1) is 5.82 Å². The summed E-state index contributed by atoms with van der Waals surface area (Å²) in [6.45, 7) is 3.81. The molecule has 2 aromatic carbocycles. The number of fused-ring (bicyclic) bond motifs is 1. The molecule has 0 aliphatic carbocycles. The van der Waals surface area contributed by atoms with E-state index in [1.165, 1.54) is 16.4 Å². The predicted molar refractivity (Wildman–Crippen MR) is 124 cm³/mol. The molecule has 3 N–H and O–H groups in total. The summed E-state index contributed by atoms with van der Waals surface area (Å²) in [4.78, 5) is 12.9. The first-order valence-electron chi connectivity index (χ1n) is 10.6. The summed E-state index contributed by atoms with van der Waals surface area (Å²) in [6.07, 6.45) is 1.92. The van der Waals surface area contributed by atoms with Crippen molar-refractivity contribution >= 4 is 33.8 Å². The van der Waals surface area contributed by atoms with Crippen molar-refractivity contribution in [1.82, 2.24) is 10.6 Å². The van der Waals surface area contributed by atoms with Crippen LogP contribution in [0.4, 0.5) is 10.1 Å². The molecule has 3 aromatic rings. The Hall–Kier alpha value is -2.75. The minimum atomic E-state index is -2.21. The number of hydrogen-bond donors (Lipinski definition) is 3. The molecule has 32 heavy (non-hydrogen) atoms. The molecule has 0 saturated carbocycles. The summed E-state index contributed by atoms with van der Waals surface area (Å²) in [6, 6.07) is 9.39. The van der Waals surface area contributed by atoms with Gasteiger partial charge in [-0.1, -0.05) is 0 Å². The van der Waals surface area contributed by atoms with Gasteiger partial charge in [-0.2, -0.15) is 0 Å². The molecule has 0 spiro atoms. The molecule has 2 unspecified atom stereocenters. The van der Waals surface area contributed by atoms with Crippen molar-refractivity contribution in [2.45, 2.75) is 25.7 Å². The quantitative estimate of drug-likeness (QED) is 0.484. The summed E-state index contributed by atoms with van der Waals surface area (Å²) < 4.78 is 43.0. The van der Waals surface area contributed by atoms with Crippen molar-refractivity contribution in [2.75, 3.05) is 31.0 Å². The third kappa shape index (κ3) is 4.15. The number of halogens is 1. The second-order valence-electron chi connectivity index (χ2n) is 7.77. The lowest BCUT2D eigenvalue weighted by atomic mass is 9.89.